The average molecular weight is 372 g/mol. The standard InChI is InChI=1S/C14H28N8O4/c15-11(23)7-19-1-2-20(8-12(16)24)4-6-22(10-14(18)26)21(5-3-19)9-13(17)25/h1-10H2,(H2,15,23)(H2,16,24)(H2,17,25)(H2,18,26). The molecule has 0 bridgehead atoms. The number of hydrazine groups is 1. The van der Waals surface area contributed by atoms with Crippen LogP contribution in [-0.4, -0.2) is 109 Å². The smallest absolute Gasteiger partial charge is 0.233 e. The summed E-state index contributed by atoms with van der Waals surface area (Å²) in [7, 11) is 0. The molecule has 0 radical (unpaired) electrons. The van der Waals surface area contributed by atoms with Gasteiger partial charge in [-0.3, -0.25) is 29.0 Å². The second-order valence-corrected chi connectivity index (χ2v) is 6.19. The van der Waals surface area contributed by atoms with Crippen LogP contribution in [0.5, 0.6) is 0 Å². The maximum atomic E-state index is 11.4. The van der Waals surface area contributed by atoms with Gasteiger partial charge in [0, 0.05) is 39.3 Å². The van der Waals surface area contributed by atoms with Gasteiger partial charge in [0.25, 0.3) is 0 Å². The van der Waals surface area contributed by atoms with Crippen molar-refractivity contribution < 1.29 is 19.2 Å². The molecule has 1 fully saturated rings. The van der Waals surface area contributed by atoms with E-state index < -0.39 is 23.6 Å². The first-order valence-corrected chi connectivity index (χ1v) is 8.25. The normalized spacial score (nSPS) is 19.1. The molecule has 0 atom stereocenters. The fourth-order valence-corrected chi connectivity index (χ4v) is 2.78. The molecule has 0 aliphatic carbocycles. The van der Waals surface area contributed by atoms with Crippen molar-refractivity contribution in [2.45, 2.75) is 0 Å². The summed E-state index contributed by atoms with van der Waals surface area (Å²) in [5.41, 5.74) is 21.2. The number of hydrogen-bond donors (Lipinski definition) is 4. The largest absolute Gasteiger partial charge is 0.369 e. The lowest BCUT2D eigenvalue weighted by Crippen LogP contribution is -2.56. The Hall–Kier alpha value is -2.28. The van der Waals surface area contributed by atoms with Crippen LogP contribution in [0.4, 0.5) is 0 Å². The molecule has 1 saturated heterocycles. The maximum absolute atomic E-state index is 11.4. The number of carbonyl (C=O) groups is 4. The van der Waals surface area contributed by atoms with Crippen molar-refractivity contribution in [3.8, 4) is 0 Å². The molecular formula is C14H28N8O4. The van der Waals surface area contributed by atoms with E-state index in [1.54, 1.807) is 19.8 Å². The number of primary amides is 4. The van der Waals surface area contributed by atoms with Gasteiger partial charge in [-0.05, 0) is 0 Å². The topological polar surface area (TPSA) is 185 Å². The number of carbonyl (C=O) groups excluding carboxylic acids is 4. The summed E-state index contributed by atoms with van der Waals surface area (Å²) in [5, 5.41) is 3.24. The van der Waals surface area contributed by atoms with Crippen molar-refractivity contribution in [3.63, 3.8) is 0 Å². The summed E-state index contributed by atoms with van der Waals surface area (Å²) in [4.78, 5) is 49.0. The molecule has 0 saturated carbocycles. The van der Waals surface area contributed by atoms with Crippen LogP contribution in [-0.2, 0) is 19.2 Å². The van der Waals surface area contributed by atoms with Gasteiger partial charge in [-0.2, -0.15) is 0 Å². The first-order chi connectivity index (χ1) is 12.2. The van der Waals surface area contributed by atoms with Gasteiger partial charge >= 0.3 is 0 Å². The highest BCUT2D eigenvalue weighted by Crippen LogP contribution is 2.04. The first kappa shape index (κ1) is 21.8. The second kappa shape index (κ2) is 10.7. The van der Waals surface area contributed by atoms with Gasteiger partial charge in [-0.1, -0.05) is 0 Å². The molecule has 1 heterocycles. The predicted octanol–water partition coefficient (Wildman–Crippen LogP) is -4.94. The molecule has 12 heteroatoms. The van der Waals surface area contributed by atoms with E-state index >= 15 is 0 Å². The van der Waals surface area contributed by atoms with Crippen molar-refractivity contribution in [2.75, 3.05) is 65.4 Å². The Morgan fingerprint density at radius 3 is 1.04 bits per heavy atom. The Kier molecular flexibility index (Phi) is 8.92. The minimum atomic E-state index is -0.563. The summed E-state index contributed by atoms with van der Waals surface area (Å²) in [5.74, 6) is -2.10. The van der Waals surface area contributed by atoms with E-state index in [2.05, 4.69) is 0 Å². The molecule has 26 heavy (non-hydrogen) atoms. The molecule has 4 amide bonds. The van der Waals surface area contributed by atoms with Crippen molar-refractivity contribution in [2.24, 2.45) is 22.9 Å². The zero-order chi connectivity index (χ0) is 19.7. The Morgan fingerprint density at radius 1 is 0.500 bits per heavy atom. The van der Waals surface area contributed by atoms with Crippen LogP contribution in [0.25, 0.3) is 0 Å². The summed E-state index contributed by atoms with van der Waals surface area (Å²) in [6.45, 7) is 2.40. The highest BCUT2D eigenvalue weighted by molar-refractivity contribution is 5.77. The van der Waals surface area contributed by atoms with Crippen LogP contribution in [0, 0.1) is 0 Å². The second-order valence-electron chi connectivity index (χ2n) is 6.19. The Labute approximate surface area is 151 Å². The summed E-state index contributed by atoms with van der Waals surface area (Å²) in [6.07, 6.45) is 0. The fourth-order valence-electron chi connectivity index (χ4n) is 2.78. The molecule has 0 unspecified atom stereocenters. The lowest BCUT2D eigenvalue weighted by atomic mass is 10.3. The van der Waals surface area contributed by atoms with Gasteiger partial charge in [0.05, 0.1) is 26.2 Å². The van der Waals surface area contributed by atoms with Gasteiger partial charge in [0.15, 0.2) is 0 Å². The van der Waals surface area contributed by atoms with E-state index in [4.69, 9.17) is 22.9 Å². The molecule has 148 valence electrons. The lowest BCUT2D eigenvalue weighted by molar-refractivity contribution is -0.133. The van der Waals surface area contributed by atoms with Gasteiger partial charge < -0.3 is 22.9 Å². The fraction of sp³-hybridized carbons (Fsp3) is 0.714. The average Bonchev–Trinajstić information content (AvgIpc) is 2.49. The zero-order valence-electron chi connectivity index (χ0n) is 14.8. The van der Waals surface area contributed by atoms with Gasteiger partial charge in [0.2, 0.25) is 23.6 Å². The van der Waals surface area contributed by atoms with Crippen LogP contribution >= 0.6 is 0 Å². The Morgan fingerprint density at radius 2 is 0.769 bits per heavy atom. The SMILES string of the molecule is NC(=O)CN1CCN(CC(N)=O)CCN(CC(N)=O)N(CC(N)=O)CC1. The minimum Gasteiger partial charge on any atom is -0.369 e. The zero-order valence-corrected chi connectivity index (χ0v) is 14.8. The highest BCUT2D eigenvalue weighted by atomic mass is 16.2. The number of amides is 4. The third kappa shape index (κ3) is 8.71. The summed E-state index contributed by atoms with van der Waals surface area (Å²) in [6, 6.07) is 0. The van der Waals surface area contributed by atoms with Crippen LogP contribution < -0.4 is 22.9 Å². The number of rotatable bonds is 8. The molecule has 12 nitrogen and oxygen atoms in total. The Balaban J connectivity index is 2.98. The molecular weight excluding hydrogens is 344 g/mol. The van der Waals surface area contributed by atoms with Crippen LogP contribution in [0.15, 0.2) is 0 Å². The van der Waals surface area contributed by atoms with Crippen molar-refractivity contribution in [1.82, 2.24) is 19.8 Å². The summed E-state index contributed by atoms with van der Waals surface area (Å²) < 4.78 is 0. The van der Waals surface area contributed by atoms with E-state index in [-0.39, 0.29) is 26.2 Å². The van der Waals surface area contributed by atoms with E-state index in [1.165, 1.54) is 0 Å². The molecule has 8 N–H and O–H groups in total. The van der Waals surface area contributed by atoms with Gasteiger partial charge in [0.1, 0.15) is 0 Å². The molecule has 0 aromatic carbocycles. The monoisotopic (exact) mass is 372 g/mol. The third-order valence-electron chi connectivity index (χ3n) is 3.92. The maximum Gasteiger partial charge on any atom is 0.233 e. The van der Waals surface area contributed by atoms with Crippen LogP contribution in [0.1, 0.15) is 0 Å². The lowest BCUT2D eigenvalue weighted by Gasteiger charge is -2.38. The quantitative estimate of drug-likeness (QED) is 0.326. The van der Waals surface area contributed by atoms with Crippen LogP contribution in [0.3, 0.4) is 0 Å². The van der Waals surface area contributed by atoms with Crippen molar-refractivity contribution in [1.29, 1.82) is 0 Å². The van der Waals surface area contributed by atoms with Gasteiger partial charge in [-0.25, -0.2) is 10.0 Å². The number of hydrogen-bond acceptors (Lipinski definition) is 8. The molecule has 1 aliphatic heterocycles. The molecule has 0 aromatic rings. The van der Waals surface area contributed by atoms with Crippen molar-refractivity contribution in [3.05, 3.63) is 0 Å². The molecule has 0 aromatic heterocycles. The summed E-state index contributed by atoms with van der Waals surface area (Å²) >= 11 is 0. The van der Waals surface area contributed by atoms with Crippen LogP contribution in [0.2, 0.25) is 0 Å². The van der Waals surface area contributed by atoms with E-state index in [9.17, 15) is 19.2 Å². The van der Waals surface area contributed by atoms with Gasteiger partial charge in [-0.15, -0.1) is 0 Å². The molecule has 1 aliphatic rings. The minimum absolute atomic E-state index is 0.0324. The number of nitrogens with two attached hydrogens (primary N) is 4. The van der Waals surface area contributed by atoms with E-state index in [0.717, 1.165) is 0 Å². The number of nitrogens with zero attached hydrogens (tertiary/aromatic N) is 4. The molecule has 0 spiro atoms. The first-order valence-electron chi connectivity index (χ1n) is 8.25. The van der Waals surface area contributed by atoms with E-state index in [1.807, 2.05) is 0 Å². The van der Waals surface area contributed by atoms with E-state index in [0.29, 0.717) is 39.3 Å². The predicted molar refractivity (Wildman–Crippen MR) is 92.8 cm³/mol. The Bertz CT molecular complexity index is 483. The van der Waals surface area contributed by atoms with Crippen molar-refractivity contribution >= 4 is 23.6 Å². The highest BCUT2D eigenvalue weighted by Gasteiger charge is 2.24. The molecule has 1 rings (SSSR count). The third-order valence-corrected chi connectivity index (χ3v) is 3.92.